The first-order valence-corrected chi connectivity index (χ1v) is 11.3. The fourth-order valence-electron chi connectivity index (χ4n) is 3.52. The van der Waals surface area contributed by atoms with E-state index in [2.05, 4.69) is 5.32 Å². The van der Waals surface area contributed by atoms with Gasteiger partial charge in [0.05, 0.1) is 30.8 Å². The Hall–Kier alpha value is -2.29. The lowest BCUT2D eigenvalue weighted by Crippen LogP contribution is -2.38. The minimum Gasteiger partial charge on any atom is -0.466 e. The highest BCUT2D eigenvalue weighted by Gasteiger charge is 2.41. The van der Waals surface area contributed by atoms with Crippen LogP contribution >= 0.6 is 23.4 Å². The van der Waals surface area contributed by atoms with E-state index in [0.29, 0.717) is 29.3 Å². The summed E-state index contributed by atoms with van der Waals surface area (Å²) in [6.45, 7) is 3.29. The molecule has 166 valence electrons. The van der Waals surface area contributed by atoms with E-state index in [4.69, 9.17) is 21.3 Å². The summed E-state index contributed by atoms with van der Waals surface area (Å²) in [5.74, 6) is -0.499. The monoisotopic (exact) mass is 462 g/mol. The Morgan fingerprint density at radius 3 is 2.61 bits per heavy atom. The molecule has 0 saturated heterocycles. The SMILES string of the molecule is CCC1=C(C(=O)OC)C(c2ccc(Cl)cc2)N2C(CC(=O)NCCN(C)C)=CSC2=N1. The van der Waals surface area contributed by atoms with Crippen LogP contribution < -0.4 is 5.32 Å². The molecule has 2 aliphatic heterocycles. The molecule has 1 amide bonds. The number of methoxy groups -OCH3 is 1. The van der Waals surface area contributed by atoms with Crippen LogP contribution in [-0.4, -0.2) is 61.1 Å². The van der Waals surface area contributed by atoms with Gasteiger partial charge in [0, 0.05) is 23.8 Å². The Kier molecular flexibility index (Phi) is 7.80. The smallest absolute Gasteiger partial charge is 0.338 e. The zero-order chi connectivity index (χ0) is 22.5. The van der Waals surface area contributed by atoms with Gasteiger partial charge in [0.1, 0.15) is 0 Å². The quantitative estimate of drug-likeness (QED) is 0.595. The maximum Gasteiger partial charge on any atom is 0.338 e. The molecule has 3 rings (SSSR count). The van der Waals surface area contributed by atoms with Gasteiger partial charge in [-0.2, -0.15) is 0 Å². The Labute approximate surface area is 192 Å². The Balaban J connectivity index is 1.94. The first-order chi connectivity index (χ1) is 14.8. The molecule has 7 nitrogen and oxygen atoms in total. The topological polar surface area (TPSA) is 74.2 Å². The van der Waals surface area contributed by atoms with Gasteiger partial charge in [0.15, 0.2) is 5.17 Å². The molecular formula is C22H27ClN4O3S. The number of allylic oxidation sites excluding steroid dienone is 1. The van der Waals surface area contributed by atoms with E-state index in [1.807, 2.05) is 48.4 Å². The second kappa shape index (κ2) is 10.3. The van der Waals surface area contributed by atoms with Gasteiger partial charge >= 0.3 is 5.97 Å². The lowest BCUT2D eigenvalue weighted by molar-refractivity contribution is -0.136. The molecule has 31 heavy (non-hydrogen) atoms. The van der Waals surface area contributed by atoms with Crippen molar-refractivity contribution >= 4 is 40.4 Å². The van der Waals surface area contributed by atoms with Crippen LogP contribution in [0.15, 0.2) is 51.6 Å². The van der Waals surface area contributed by atoms with Gasteiger partial charge in [-0.25, -0.2) is 9.79 Å². The van der Waals surface area contributed by atoms with Gasteiger partial charge in [0.2, 0.25) is 5.91 Å². The van der Waals surface area contributed by atoms with Gasteiger partial charge in [0.25, 0.3) is 0 Å². The third kappa shape index (κ3) is 5.31. The van der Waals surface area contributed by atoms with Crippen LogP contribution in [0, 0.1) is 0 Å². The Morgan fingerprint density at radius 2 is 2.00 bits per heavy atom. The highest BCUT2D eigenvalue weighted by Crippen LogP contribution is 2.45. The molecule has 1 atom stereocenters. The number of rotatable bonds is 8. The van der Waals surface area contributed by atoms with Crippen LogP contribution in [0.2, 0.25) is 5.02 Å². The number of ether oxygens (including phenoxy) is 1. The zero-order valence-corrected chi connectivity index (χ0v) is 19.7. The molecule has 0 fully saturated rings. The van der Waals surface area contributed by atoms with Crippen LogP contribution in [-0.2, 0) is 14.3 Å². The van der Waals surface area contributed by atoms with E-state index in [-0.39, 0.29) is 12.3 Å². The summed E-state index contributed by atoms with van der Waals surface area (Å²) in [7, 11) is 5.29. The van der Waals surface area contributed by atoms with E-state index >= 15 is 0 Å². The van der Waals surface area contributed by atoms with Gasteiger partial charge in [-0.1, -0.05) is 42.4 Å². The minimum atomic E-state index is -0.442. The minimum absolute atomic E-state index is 0.0744. The summed E-state index contributed by atoms with van der Waals surface area (Å²) in [4.78, 5) is 34.1. The second-order valence-corrected chi connectivity index (χ2v) is 8.75. The second-order valence-electron chi connectivity index (χ2n) is 7.48. The number of thioether (sulfide) groups is 1. The molecule has 0 aromatic heterocycles. The number of carbonyl (C=O) groups is 2. The molecule has 1 aromatic carbocycles. The lowest BCUT2D eigenvalue weighted by atomic mass is 9.93. The Bertz CT molecular complexity index is 941. The number of carbonyl (C=O) groups excluding carboxylic acids is 2. The van der Waals surface area contributed by atoms with Crippen LogP contribution in [0.1, 0.15) is 31.4 Å². The lowest BCUT2D eigenvalue weighted by Gasteiger charge is -2.36. The molecule has 0 spiro atoms. The summed E-state index contributed by atoms with van der Waals surface area (Å²) >= 11 is 7.56. The maximum atomic E-state index is 12.8. The number of fused-ring (bicyclic) bond motifs is 1. The number of nitrogens with one attached hydrogen (secondary N) is 1. The van der Waals surface area contributed by atoms with Crippen molar-refractivity contribution in [1.82, 2.24) is 15.1 Å². The molecular weight excluding hydrogens is 436 g/mol. The van der Waals surface area contributed by atoms with Crippen molar-refractivity contribution in [2.75, 3.05) is 34.3 Å². The maximum absolute atomic E-state index is 12.8. The molecule has 9 heteroatoms. The van der Waals surface area contributed by atoms with Gasteiger partial charge in [-0.3, -0.25) is 4.79 Å². The summed E-state index contributed by atoms with van der Waals surface area (Å²) < 4.78 is 5.11. The van der Waals surface area contributed by atoms with E-state index < -0.39 is 12.0 Å². The van der Waals surface area contributed by atoms with Crippen LogP contribution in [0.25, 0.3) is 0 Å². The number of nitrogens with zero attached hydrogens (tertiary/aromatic N) is 3. The largest absolute Gasteiger partial charge is 0.466 e. The summed E-state index contributed by atoms with van der Waals surface area (Å²) in [6.07, 6.45) is 0.784. The summed E-state index contributed by atoms with van der Waals surface area (Å²) in [5, 5.41) is 6.24. The van der Waals surface area contributed by atoms with Crippen LogP contribution in [0.5, 0.6) is 0 Å². The van der Waals surface area contributed by atoms with E-state index in [9.17, 15) is 9.59 Å². The fourth-order valence-corrected chi connectivity index (χ4v) is 4.58. The van der Waals surface area contributed by atoms with Crippen molar-refractivity contribution in [3.05, 3.63) is 57.2 Å². The van der Waals surface area contributed by atoms with Gasteiger partial charge in [-0.15, -0.1) is 0 Å². The van der Waals surface area contributed by atoms with Crippen molar-refractivity contribution in [2.45, 2.75) is 25.8 Å². The molecule has 1 unspecified atom stereocenters. The van der Waals surface area contributed by atoms with Crippen molar-refractivity contribution < 1.29 is 14.3 Å². The van der Waals surface area contributed by atoms with E-state index in [1.165, 1.54) is 18.9 Å². The highest BCUT2D eigenvalue weighted by molar-refractivity contribution is 8.16. The number of benzene rings is 1. The van der Waals surface area contributed by atoms with Crippen molar-refractivity contribution in [3.8, 4) is 0 Å². The third-order valence-corrected chi connectivity index (χ3v) is 6.18. The molecule has 0 bridgehead atoms. The summed E-state index contributed by atoms with van der Waals surface area (Å²) in [6, 6.07) is 6.93. The van der Waals surface area contributed by atoms with E-state index in [1.54, 1.807) is 12.1 Å². The van der Waals surface area contributed by atoms with Crippen molar-refractivity contribution in [3.63, 3.8) is 0 Å². The molecule has 0 saturated carbocycles. The predicted molar refractivity (Wildman–Crippen MR) is 125 cm³/mol. The summed E-state index contributed by atoms with van der Waals surface area (Å²) in [5.41, 5.74) is 2.85. The number of hydrogen-bond acceptors (Lipinski definition) is 7. The number of esters is 1. The Morgan fingerprint density at radius 1 is 1.29 bits per heavy atom. The molecule has 1 N–H and O–H groups in total. The molecule has 2 aliphatic rings. The fraction of sp³-hybridized carbons (Fsp3) is 0.409. The average Bonchev–Trinajstić information content (AvgIpc) is 3.14. The molecule has 1 aromatic rings. The first kappa shape index (κ1) is 23.4. The van der Waals surface area contributed by atoms with Gasteiger partial charge in [-0.05, 0) is 43.6 Å². The molecule has 2 heterocycles. The van der Waals surface area contributed by atoms with Gasteiger partial charge < -0.3 is 19.9 Å². The molecule has 0 aliphatic carbocycles. The first-order valence-electron chi connectivity index (χ1n) is 10.1. The standard InChI is InChI=1S/C22H27ClN4O3S/c1-5-17-19(21(29)30-4)20(14-6-8-15(23)9-7-14)27-16(13-31-22(27)25-17)12-18(28)24-10-11-26(2)3/h6-9,13,20H,5,10-12H2,1-4H3,(H,24,28). The third-order valence-electron chi connectivity index (χ3n) is 5.04. The predicted octanol–water partition coefficient (Wildman–Crippen LogP) is 3.55. The highest BCUT2D eigenvalue weighted by atomic mass is 35.5. The number of halogens is 1. The van der Waals surface area contributed by atoms with E-state index in [0.717, 1.165) is 23.0 Å². The van der Waals surface area contributed by atoms with Crippen LogP contribution in [0.4, 0.5) is 0 Å². The number of likely N-dealkylation sites (N-methyl/N-ethyl adjacent to an activating group) is 1. The van der Waals surface area contributed by atoms with Crippen molar-refractivity contribution in [1.29, 1.82) is 0 Å². The zero-order valence-electron chi connectivity index (χ0n) is 18.1. The average molecular weight is 463 g/mol. The van der Waals surface area contributed by atoms with Crippen LogP contribution in [0.3, 0.4) is 0 Å². The normalized spacial score (nSPS) is 18.0. The number of hydrogen-bond donors (Lipinski definition) is 1. The number of amidine groups is 1. The number of aliphatic imine (C=N–C) groups is 1. The van der Waals surface area contributed by atoms with Crippen molar-refractivity contribution in [2.24, 2.45) is 4.99 Å². The molecule has 0 radical (unpaired) electrons. The number of amides is 1.